The number of phenols is 1. The monoisotopic (exact) mass is 388 g/mol. The van der Waals surface area contributed by atoms with Crippen molar-refractivity contribution in [3.8, 4) is 5.75 Å². The van der Waals surface area contributed by atoms with Gasteiger partial charge in [0, 0.05) is 0 Å². The molecule has 0 aliphatic rings. The molecule has 1 rings (SSSR count). The van der Waals surface area contributed by atoms with Gasteiger partial charge in [0.1, 0.15) is 5.75 Å². The first-order chi connectivity index (χ1) is 13.7. The quantitative estimate of drug-likeness (QED) is 0.248. The van der Waals surface area contributed by atoms with Crippen LogP contribution < -0.4 is 0 Å². The minimum absolute atomic E-state index is 0.510. The molecule has 28 heavy (non-hydrogen) atoms. The van der Waals surface area contributed by atoms with Crippen LogP contribution in [-0.2, 0) is 0 Å². The normalized spacial score (nSPS) is 13.5. The summed E-state index contributed by atoms with van der Waals surface area (Å²) in [5, 5.41) is 10.5. The van der Waals surface area contributed by atoms with Crippen LogP contribution in [0.3, 0.4) is 0 Å². The molecule has 0 radical (unpaired) electrons. The Morgan fingerprint density at radius 3 is 1.71 bits per heavy atom. The SMILES string of the molecule is CCCCCCCCCCCC(c1ccccc1O)C(CC)CCCCCC. The molecule has 0 amide bonds. The fourth-order valence-electron chi connectivity index (χ4n) is 4.64. The fraction of sp³-hybridized carbons (Fsp3) is 0.778. The highest BCUT2D eigenvalue weighted by molar-refractivity contribution is 5.35. The fourth-order valence-corrected chi connectivity index (χ4v) is 4.64. The highest BCUT2D eigenvalue weighted by Gasteiger charge is 2.23. The van der Waals surface area contributed by atoms with Gasteiger partial charge in [0.15, 0.2) is 0 Å². The lowest BCUT2D eigenvalue weighted by Crippen LogP contribution is -2.13. The van der Waals surface area contributed by atoms with Gasteiger partial charge in [-0.2, -0.15) is 0 Å². The Bertz CT molecular complexity index is 467. The third-order valence-corrected chi connectivity index (χ3v) is 6.48. The molecule has 2 atom stereocenters. The molecular formula is C27H48O. The molecule has 1 heteroatoms. The average Bonchev–Trinajstić information content (AvgIpc) is 2.71. The Morgan fingerprint density at radius 1 is 0.643 bits per heavy atom. The molecule has 162 valence electrons. The van der Waals surface area contributed by atoms with E-state index in [0.717, 1.165) is 0 Å². The summed E-state index contributed by atoms with van der Waals surface area (Å²) in [6.45, 7) is 6.91. The largest absolute Gasteiger partial charge is 0.508 e. The third kappa shape index (κ3) is 10.5. The van der Waals surface area contributed by atoms with E-state index in [0.29, 0.717) is 17.6 Å². The van der Waals surface area contributed by atoms with Crippen molar-refractivity contribution in [2.45, 2.75) is 129 Å². The number of hydrogen-bond donors (Lipinski definition) is 1. The molecule has 0 saturated carbocycles. The maximum atomic E-state index is 10.5. The van der Waals surface area contributed by atoms with Crippen molar-refractivity contribution in [1.29, 1.82) is 0 Å². The third-order valence-electron chi connectivity index (χ3n) is 6.48. The highest BCUT2D eigenvalue weighted by atomic mass is 16.3. The Morgan fingerprint density at radius 2 is 1.14 bits per heavy atom. The smallest absolute Gasteiger partial charge is 0.119 e. The number of para-hydroxylation sites is 1. The maximum absolute atomic E-state index is 10.5. The van der Waals surface area contributed by atoms with E-state index in [1.165, 1.54) is 108 Å². The van der Waals surface area contributed by atoms with E-state index in [1.54, 1.807) is 0 Å². The van der Waals surface area contributed by atoms with Gasteiger partial charge in [0.2, 0.25) is 0 Å². The standard InChI is InChI=1S/C27H48O/c1-4-7-9-11-12-13-14-15-17-21-25(26-22-18-19-23-27(26)28)24(6-3)20-16-10-8-5-2/h18-19,22-25,28H,4-17,20-21H2,1-3H3. The van der Waals surface area contributed by atoms with Crippen LogP contribution in [0.15, 0.2) is 24.3 Å². The molecule has 0 saturated heterocycles. The minimum Gasteiger partial charge on any atom is -0.508 e. The van der Waals surface area contributed by atoms with Gasteiger partial charge in [-0.25, -0.2) is 0 Å². The summed E-state index contributed by atoms with van der Waals surface area (Å²) in [4.78, 5) is 0. The molecule has 0 aromatic heterocycles. The van der Waals surface area contributed by atoms with E-state index in [1.807, 2.05) is 12.1 Å². The molecule has 0 aliphatic carbocycles. The van der Waals surface area contributed by atoms with Crippen LogP contribution in [0.1, 0.15) is 135 Å². The van der Waals surface area contributed by atoms with Crippen molar-refractivity contribution < 1.29 is 5.11 Å². The van der Waals surface area contributed by atoms with E-state index in [-0.39, 0.29) is 0 Å². The number of benzene rings is 1. The van der Waals surface area contributed by atoms with Crippen molar-refractivity contribution in [1.82, 2.24) is 0 Å². The summed E-state index contributed by atoms with van der Waals surface area (Å²) in [6.07, 6.45) is 21.6. The van der Waals surface area contributed by atoms with Crippen LogP contribution in [-0.4, -0.2) is 5.11 Å². The molecule has 0 aliphatic heterocycles. The zero-order valence-corrected chi connectivity index (χ0v) is 19.2. The van der Waals surface area contributed by atoms with Gasteiger partial charge in [-0.1, -0.05) is 129 Å². The Labute approximate surface area is 176 Å². The molecule has 0 heterocycles. The lowest BCUT2D eigenvalue weighted by molar-refractivity contribution is 0.333. The summed E-state index contributed by atoms with van der Waals surface area (Å²) < 4.78 is 0. The maximum Gasteiger partial charge on any atom is 0.119 e. The molecule has 1 nitrogen and oxygen atoms in total. The summed E-state index contributed by atoms with van der Waals surface area (Å²) in [5.74, 6) is 1.74. The molecule has 1 aromatic rings. The van der Waals surface area contributed by atoms with E-state index in [9.17, 15) is 5.11 Å². The minimum atomic E-state index is 0.510. The number of unbranched alkanes of at least 4 members (excludes halogenated alkanes) is 11. The van der Waals surface area contributed by atoms with Crippen molar-refractivity contribution in [3.63, 3.8) is 0 Å². The van der Waals surface area contributed by atoms with Gasteiger partial charge in [-0.3, -0.25) is 0 Å². The first kappa shape index (κ1) is 25.1. The van der Waals surface area contributed by atoms with E-state index in [4.69, 9.17) is 0 Å². The Balaban J connectivity index is 2.49. The first-order valence-corrected chi connectivity index (χ1v) is 12.5. The summed E-state index contributed by atoms with van der Waals surface area (Å²) in [6, 6.07) is 8.10. The Kier molecular flexibility index (Phi) is 15.1. The molecule has 0 spiro atoms. The molecular weight excluding hydrogens is 340 g/mol. The van der Waals surface area contributed by atoms with Crippen molar-refractivity contribution in [2.75, 3.05) is 0 Å². The molecule has 2 unspecified atom stereocenters. The summed E-state index contributed by atoms with van der Waals surface area (Å²) in [5.41, 5.74) is 1.20. The second-order valence-electron chi connectivity index (χ2n) is 8.80. The van der Waals surface area contributed by atoms with Crippen LogP contribution in [0.4, 0.5) is 0 Å². The first-order valence-electron chi connectivity index (χ1n) is 12.5. The Hall–Kier alpha value is -0.980. The van der Waals surface area contributed by atoms with Gasteiger partial charge < -0.3 is 5.11 Å². The van der Waals surface area contributed by atoms with Gasteiger partial charge in [0.25, 0.3) is 0 Å². The van der Waals surface area contributed by atoms with Crippen molar-refractivity contribution in [3.05, 3.63) is 29.8 Å². The summed E-state index contributed by atoms with van der Waals surface area (Å²) >= 11 is 0. The van der Waals surface area contributed by atoms with Gasteiger partial charge in [0.05, 0.1) is 0 Å². The van der Waals surface area contributed by atoms with E-state index in [2.05, 4.69) is 32.9 Å². The van der Waals surface area contributed by atoms with Gasteiger partial charge in [-0.05, 0) is 36.3 Å². The van der Waals surface area contributed by atoms with Gasteiger partial charge in [-0.15, -0.1) is 0 Å². The van der Waals surface area contributed by atoms with Gasteiger partial charge >= 0.3 is 0 Å². The highest BCUT2D eigenvalue weighted by Crippen LogP contribution is 2.39. The lowest BCUT2D eigenvalue weighted by Gasteiger charge is -2.28. The second-order valence-corrected chi connectivity index (χ2v) is 8.80. The molecule has 1 N–H and O–H groups in total. The lowest BCUT2D eigenvalue weighted by atomic mass is 9.78. The molecule has 0 bridgehead atoms. The number of hydrogen-bond acceptors (Lipinski definition) is 1. The number of phenolic OH excluding ortho intramolecular Hbond substituents is 1. The predicted molar refractivity (Wildman–Crippen MR) is 125 cm³/mol. The van der Waals surface area contributed by atoms with Crippen LogP contribution in [0.2, 0.25) is 0 Å². The predicted octanol–water partition coefficient (Wildman–Crippen LogP) is 9.39. The average molecular weight is 389 g/mol. The summed E-state index contributed by atoms with van der Waals surface area (Å²) in [7, 11) is 0. The van der Waals surface area contributed by atoms with Crippen LogP contribution in [0.5, 0.6) is 5.75 Å². The number of rotatable bonds is 18. The molecule has 1 aromatic carbocycles. The second kappa shape index (κ2) is 16.9. The van der Waals surface area contributed by atoms with Crippen LogP contribution in [0.25, 0.3) is 0 Å². The van der Waals surface area contributed by atoms with Crippen LogP contribution in [0, 0.1) is 5.92 Å². The van der Waals surface area contributed by atoms with E-state index < -0.39 is 0 Å². The zero-order valence-electron chi connectivity index (χ0n) is 19.2. The van der Waals surface area contributed by atoms with E-state index >= 15 is 0 Å². The van der Waals surface area contributed by atoms with Crippen molar-refractivity contribution in [2.24, 2.45) is 5.92 Å². The molecule has 0 fully saturated rings. The topological polar surface area (TPSA) is 20.2 Å². The number of aromatic hydroxyl groups is 1. The zero-order chi connectivity index (χ0) is 20.5. The van der Waals surface area contributed by atoms with Crippen molar-refractivity contribution >= 4 is 0 Å². The van der Waals surface area contributed by atoms with Crippen LogP contribution >= 0.6 is 0 Å².